The van der Waals surface area contributed by atoms with E-state index in [9.17, 15) is 9.59 Å². The number of fused-ring (bicyclic) bond motifs is 2. The molecule has 43 heavy (non-hydrogen) atoms. The maximum atomic E-state index is 13.1. The molecule has 220 valence electrons. The lowest BCUT2D eigenvalue weighted by Crippen LogP contribution is -2.14. The van der Waals surface area contributed by atoms with Gasteiger partial charge < -0.3 is 24.8 Å². The van der Waals surface area contributed by atoms with Crippen LogP contribution in [0.25, 0.3) is 33.1 Å². The van der Waals surface area contributed by atoms with Crippen LogP contribution in [0.1, 0.15) is 29.9 Å². The van der Waals surface area contributed by atoms with Crippen molar-refractivity contribution < 1.29 is 14.3 Å². The lowest BCUT2D eigenvalue weighted by molar-refractivity contribution is -0.111. The number of aryl methyl sites for hydroxylation is 2. The fourth-order valence-corrected chi connectivity index (χ4v) is 4.76. The maximum Gasteiger partial charge on any atom is 0.342 e. The van der Waals surface area contributed by atoms with Gasteiger partial charge in [-0.05, 0) is 65.2 Å². The zero-order chi connectivity index (χ0) is 30.7. The van der Waals surface area contributed by atoms with Gasteiger partial charge in [-0.15, -0.1) is 0 Å². The van der Waals surface area contributed by atoms with Crippen molar-refractivity contribution in [1.29, 1.82) is 0 Å². The summed E-state index contributed by atoms with van der Waals surface area (Å²) in [4.78, 5) is 41.4. The number of nitrogens with zero attached hydrogens (tertiary/aromatic N) is 5. The lowest BCUT2D eigenvalue weighted by Gasteiger charge is -2.13. The highest BCUT2D eigenvalue weighted by molar-refractivity contribution is 6.03. The number of esters is 1. The Morgan fingerprint density at radius 2 is 1.88 bits per heavy atom. The van der Waals surface area contributed by atoms with Gasteiger partial charge >= 0.3 is 5.97 Å². The molecule has 10 heteroatoms. The number of likely N-dealkylation sites (N-methyl/N-ethyl adjacent to an activating group) is 1. The average Bonchev–Trinajstić information content (AvgIpc) is 3.29. The smallest absolute Gasteiger partial charge is 0.342 e. The number of hydrogen-bond donors (Lipinski definition) is 2. The van der Waals surface area contributed by atoms with Gasteiger partial charge in [-0.1, -0.05) is 24.3 Å². The molecule has 0 saturated heterocycles. The minimum Gasteiger partial charge on any atom is -0.459 e. The number of rotatable bonds is 9. The van der Waals surface area contributed by atoms with Crippen LogP contribution >= 0.6 is 0 Å². The third-order valence-corrected chi connectivity index (χ3v) is 6.76. The van der Waals surface area contributed by atoms with Crippen LogP contribution in [-0.2, 0) is 16.6 Å². The molecule has 0 spiro atoms. The van der Waals surface area contributed by atoms with E-state index < -0.39 is 5.97 Å². The van der Waals surface area contributed by atoms with Crippen LogP contribution in [0.15, 0.2) is 73.1 Å². The Morgan fingerprint density at radius 3 is 2.65 bits per heavy atom. The van der Waals surface area contributed by atoms with E-state index in [4.69, 9.17) is 9.72 Å². The van der Waals surface area contributed by atoms with Gasteiger partial charge in [0.2, 0.25) is 11.9 Å². The molecule has 5 rings (SSSR count). The van der Waals surface area contributed by atoms with Gasteiger partial charge in [0.15, 0.2) is 0 Å². The van der Waals surface area contributed by atoms with Gasteiger partial charge in [0.1, 0.15) is 5.56 Å². The first-order valence-electron chi connectivity index (χ1n) is 14.0. The number of ether oxygens (including phenoxy) is 1. The molecule has 0 unspecified atom stereocenters. The number of anilines is 3. The lowest BCUT2D eigenvalue weighted by atomic mass is 10.1. The second-order valence-corrected chi connectivity index (χ2v) is 10.9. The molecule has 5 aromatic rings. The second-order valence-electron chi connectivity index (χ2n) is 10.9. The summed E-state index contributed by atoms with van der Waals surface area (Å²) >= 11 is 0. The van der Waals surface area contributed by atoms with Crippen molar-refractivity contribution in [2.45, 2.75) is 26.9 Å². The Bertz CT molecular complexity index is 1860. The monoisotopic (exact) mass is 577 g/mol. The number of amides is 1. The Balaban J connectivity index is 1.48. The number of benzene rings is 2. The highest BCUT2D eigenvalue weighted by atomic mass is 16.5. The molecule has 3 aromatic heterocycles. The van der Waals surface area contributed by atoms with E-state index >= 15 is 0 Å². The third kappa shape index (κ3) is 6.70. The first-order chi connectivity index (χ1) is 20.6. The van der Waals surface area contributed by atoms with Crippen molar-refractivity contribution in [3.8, 4) is 11.3 Å². The van der Waals surface area contributed by atoms with Crippen LogP contribution < -0.4 is 10.6 Å². The standard InChI is InChI=1S/C33H35N7O3/c1-20(2)43-32(42)25-18-34-33(38-31(25)26-19-40(6)29-11-8-7-10-24(26)29)36-23-13-14-27-22(16-23)17-28(21(3)35-27)37-30(41)12-9-15-39(4)5/h7-14,16-20H,15H2,1-6H3,(H,37,41)(H,34,36,38)/b12-9+. The molecule has 1 amide bonds. The van der Waals surface area contributed by atoms with E-state index in [1.807, 2.05) is 98.3 Å². The van der Waals surface area contributed by atoms with E-state index in [-0.39, 0.29) is 17.6 Å². The molecule has 3 heterocycles. The van der Waals surface area contributed by atoms with E-state index in [2.05, 4.69) is 20.6 Å². The van der Waals surface area contributed by atoms with Gasteiger partial charge in [0.25, 0.3) is 0 Å². The Labute approximate surface area is 250 Å². The molecule has 2 aromatic carbocycles. The summed E-state index contributed by atoms with van der Waals surface area (Å²) in [6, 6.07) is 15.6. The molecule has 0 bridgehead atoms. The highest BCUT2D eigenvalue weighted by Gasteiger charge is 2.22. The van der Waals surface area contributed by atoms with Crippen molar-refractivity contribution in [2.24, 2.45) is 7.05 Å². The van der Waals surface area contributed by atoms with E-state index in [1.165, 1.54) is 12.3 Å². The maximum absolute atomic E-state index is 13.1. The van der Waals surface area contributed by atoms with Gasteiger partial charge in [0, 0.05) is 59.6 Å². The van der Waals surface area contributed by atoms with Crippen LogP contribution in [-0.4, -0.2) is 63.0 Å². The van der Waals surface area contributed by atoms with Crippen molar-refractivity contribution in [2.75, 3.05) is 31.3 Å². The first kappa shape index (κ1) is 29.4. The Morgan fingerprint density at radius 1 is 1.09 bits per heavy atom. The number of para-hydroxylation sites is 1. The van der Waals surface area contributed by atoms with Gasteiger partial charge in [-0.2, -0.15) is 0 Å². The fraction of sp³-hybridized carbons (Fsp3) is 0.242. The number of carbonyl (C=O) groups is 2. The highest BCUT2D eigenvalue weighted by Crippen LogP contribution is 2.33. The minimum absolute atomic E-state index is 0.217. The molecule has 0 fully saturated rings. The van der Waals surface area contributed by atoms with Crippen molar-refractivity contribution >= 4 is 51.0 Å². The predicted octanol–water partition coefficient (Wildman–Crippen LogP) is 5.86. The van der Waals surface area contributed by atoms with Gasteiger partial charge in [-0.25, -0.2) is 14.8 Å². The number of nitrogens with one attached hydrogen (secondary N) is 2. The van der Waals surface area contributed by atoms with E-state index in [0.717, 1.165) is 38.8 Å². The number of hydrogen-bond acceptors (Lipinski definition) is 8. The second kappa shape index (κ2) is 12.4. The quantitative estimate of drug-likeness (QED) is 0.166. The number of carbonyl (C=O) groups excluding carboxylic acids is 2. The summed E-state index contributed by atoms with van der Waals surface area (Å²) in [5, 5.41) is 7.98. The summed E-state index contributed by atoms with van der Waals surface area (Å²) in [6.07, 6.45) is 6.50. The number of aromatic nitrogens is 4. The summed E-state index contributed by atoms with van der Waals surface area (Å²) in [5.41, 5.74) is 5.44. The fourth-order valence-electron chi connectivity index (χ4n) is 4.76. The molecule has 0 aliphatic carbocycles. The largest absolute Gasteiger partial charge is 0.459 e. The van der Waals surface area contributed by atoms with Crippen LogP contribution in [0.4, 0.5) is 17.3 Å². The summed E-state index contributed by atoms with van der Waals surface area (Å²) < 4.78 is 7.52. The zero-order valence-corrected chi connectivity index (χ0v) is 25.2. The van der Waals surface area contributed by atoms with Crippen molar-refractivity contribution in [3.63, 3.8) is 0 Å². The van der Waals surface area contributed by atoms with Crippen LogP contribution in [0, 0.1) is 6.92 Å². The molecule has 0 aliphatic rings. The van der Waals surface area contributed by atoms with E-state index in [0.29, 0.717) is 23.9 Å². The normalized spacial score (nSPS) is 11.6. The molecule has 2 N–H and O–H groups in total. The zero-order valence-electron chi connectivity index (χ0n) is 25.2. The minimum atomic E-state index is -0.484. The molecular formula is C33H35N7O3. The molecular weight excluding hydrogens is 542 g/mol. The van der Waals surface area contributed by atoms with Crippen LogP contribution in [0.3, 0.4) is 0 Å². The van der Waals surface area contributed by atoms with Crippen molar-refractivity contribution in [3.05, 3.63) is 84.3 Å². The Hall–Kier alpha value is -5.09. The molecule has 0 saturated carbocycles. The molecule has 0 atom stereocenters. The molecule has 0 aliphatic heterocycles. The van der Waals surface area contributed by atoms with Gasteiger partial charge in [-0.3, -0.25) is 9.78 Å². The predicted molar refractivity (Wildman–Crippen MR) is 171 cm³/mol. The molecule has 0 radical (unpaired) electrons. The molecule has 10 nitrogen and oxygen atoms in total. The summed E-state index contributed by atoms with van der Waals surface area (Å²) in [7, 11) is 5.84. The van der Waals surface area contributed by atoms with Gasteiger partial charge in [0.05, 0.1) is 28.7 Å². The van der Waals surface area contributed by atoms with Crippen molar-refractivity contribution in [1.82, 2.24) is 24.4 Å². The van der Waals surface area contributed by atoms with Crippen LogP contribution in [0.2, 0.25) is 0 Å². The third-order valence-electron chi connectivity index (χ3n) is 6.76. The van der Waals surface area contributed by atoms with E-state index in [1.54, 1.807) is 13.8 Å². The average molecular weight is 578 g/mol. The Kier molecular flexibility index (Phi) is 8.49. The topological polar surface area (TPSA) is 114 Å². The SMILES string of the molecule is Cc1nc2ccc(Nc3ncc(C(=O)OC(C)C)c(-c4cn(C)c5ccccc45)n3)cc2cc1NC(=O)/C=C/CN(C)C. The first-order valence-corrected chi connectivity index (χ1v) is 14.0. The van der Waals surface area contributed by atoms with Crippen LogP contribution in [0.5, 0.6) is 0 Å². The summed E-state index contributed by atoms with van der Waals surface area (Å²) in [6.45, 7) is 6.14. The summed E-state index contributed by atoms with van der Waals surface area (Å²) in [5.74, 6) is -0.378. The number of pyridine rings is 1.